The summed E-state index contributed by atoms with van der Waals surface area (Å²) in [4.78, 5) is 12.3. The summed E-state index contributed by atoms with van der Waals surface area (Å²) in [6.07, 6.45) is 7.33. The van der Waals surface area contributed by atoms with Crippen LogP contribution in [0.3, 0.4) is 0 Å². The average Bonchev–Trinajstić information content (AvgIpc) is 3.28. The van der Waals surface area contributed by atoms with Gasteiger partial charge in [0.05, 0.1) is 17.7 Å². The van der Waals surface area contributed by atoms with Crippen molar-refractivity contribution in [3.05, 3.63) is 16.1 Å². The van der Waals surface area contributed by atoms with Gasteiger partial charge in [-0.1, -0.05) is 0 Å². The quantitative estimate of drug-likeness (QED) is 0.668. The molecule has 1 aromatic heterocycles. The van der Waals surface area contributed by atoms with Crippen LogP contribution in [0.2, 0.25) is 0 Å². The predicted molar refractivity (Wildman–Crippen MR) is 90.3 cm³/mol. The number of hydrogen-bond acceptors (Lipinski definition) is 4. The first-order chi connectivity index (χ1) is 10.7. The highest BCUT2D eigenvalue weighted by Crippen LogP contribution is 2.30. The molecule has 22 heavy (non-hydrogen) atoms. The molecule has 0 amide bonds. The predicted octanol–water partition coefficient (Wildman–Crippen LogP) is 2.42. The van der Waals surface area contributed by atoms with Gasteiger partial charge in [0.1, 0.15) is 0 Å². The molecule has 2 aliphatic rings. The lowest BCUT2D eigenvalue weighted by atomic mass is 10.1. The van der Waals surface area contributed by atoms with Crippen LogP contribution in [0.4, 0.5) is 0 Å². The first-order valence-electron chi connectivity index (χ1n) is 8.23. The fourth-order valence-corrected chi connectivity index (χ4v) is 3.51. The molecule has 1 aliphatic heterocycles. The number of thiazole rings is 1. The highest BCUT2D eigenvalue weighted by Gasteiger charge is 2.26. The van der Waals surface area contributed by atoms with E-state index in [1.165, 1.54) is 17.7 Å². The Kier molecular flexibility index (Phi) is 5.31. The Labute approximate surface area is 136 Å². The van der Waals surface area contributed by atoms with Gasteiger partial charge in [-0.2, -0.15) is 0 Å². The molecule has 0 atom stereocenters. The lowest BCUT2D eigenvalue weighted by molar-refractivity contribution is 0.0131. The van der Waals surface area contributed by atoms with E-state index in [2.05, 4.69) is 20.2 Å². The fraction of sp³-hybridized carbons (Fsp3) is 0.750. The van der Waals surface area contributed by atoms with Crippen LogP contribution < -0.4 is 5.32 Å². The van der Waals surface area contributed by atoms with Crippen molar-refractivity contribution in [1.82, 2.24) is 15.2 Å². The molecule has 0 bridgehead atoms. The molecule has 122 valence electrons. The Morgan fingerprint density at radius 1 is 1.41 bits per heavy atom. The molecule has 1 saturated heterocycles. The summed E-state index contributed by atoms with van der Waals surface area (Å²) in [7, 11) is 1.86. The second-order valence-electron chi connectivity index (χ2n) is 6.21. The van der Waals surface area contributed by atoms with E-state index in [9.17, 15) is 0 Å². The van der Waals surface area contributed by atoms with Gasteiger partial charge in [0, 0.05) is 37.8 Å². The lowest BCUT2D eigenvalue weighted by Crippen LogP contribution is -2.46. The molecule has 1 aliphatic carbocycles. The highest BCUT2D eigenvalue weighted by atomic mass is 32.1. The molecule has 6 heteroatoms. The van der Waals surface area contributed by atoms with E-state index in [1.807, 2.05) is 20.2 Å². The van der Waals surface area contributed by atoms with Crippen molar-refractivity contribution in [2.75, 3.05) is 26.7 Å². The summed E-state index contributed by atoms with van der Waals surface area (Å²) in [6.45, 7) is 5.86. The van der Waals surface area contributed by atoms with Crippen molar-refractivity contribution in [3.63, 3.8) is 0 Å². The van der Waals surface area contributed by atoms with Crippen LogP contribution in [-0.4, -0.2) is 48.7 Å². The first-order valence-corrected chi connectivity index (χ1v) is 9.04. The number of nitrogens with one attached hydrogen (secondary N) is 1. The third-order valence-electron chi connectivity index (χ3n) is 4.31. The van der Waals surface area contributed by atoms with Gasteiger partial charge in [0.25, 0.3) is 0 Å². The van der Waals surface area contributed by atoms with Crippen molar-refractivity contribution in [1.29, 1.82) is 0 Å². The monoisotopic (exact) mass is 322 g/mol. The van der Waals surface area contributed by atoms with E-state index in [-0.39, 0.29) is 0 Å². The minimum absolute atomic E-state index is 0.444. The van der Waals surface area contributed by atoms with Crippen LogP contribution in [0.25, 0.3) is 0 Å². The summed E-state index contributed by atoms with van der Waals surface area (Å²) in [6, 6.07) is 0. The molecule has 2 fully saturated rings. The zero-order valence-electron chi connectivity index (χ0n) is 13.5. The van der Waals surface area contributed by atoms with Crippen LogP contribution in [0.1, 0.15) is 35.6 Å². The molecular formula is C16H26N4OS. The number of nitrogens with zero attached hydrogens (tertiary/aromatic N) is 3. The average molecular weight is 322 g/mol. The normalized spacial score (nSPS) is 20.5. The molecule has 1 N–H and O–H groups in total. The number of guanidine groups is 1. The number of aromatic nitrogens is 1. The van der Waals surface area contributed by atoms with Crippen molar-refractivity contribution >= 4 is 17.3 Å². The molecule has 3 rings (SSSR count). The SMILES string of the molecule is CN=C(NCc1cnc(C)s1)N1CCC(OCC2CC2)CC1. The number of ether oxygens (including phenoxy) is 1. The zero-order valence-corrected chi connectivity index (χ0v) is 14.4. The van der Waals surface area contributed by atoms with E-state index in [0.717, 1.165) is 56.0 Å². The van der Waals surface area contributed by atoms with E-state index in [4.69, 9.17) is 4.74 Å². The van der Waals surface area contributed by atoms with Crippen molar-refractivity contribution < 1.29 is 4.74 Å². The Balaban J connectivity index is 1.41. The summed E-state index contributed by atoms with van der Waals surface area (Å²) in [5.74, 6) is 1.85. The summed E-state index contributed by atoms with van der Waals surface area (Å²) in [5.41, 5.74) is 0. The topological polar surface area (TPSA) is 49.8 Å². The van der Waals surface area contributed by atoms with Gasteiger partial charge < -0.3 is 15.0 Å². The Morgan fingerprint density at radius 3 is 2.77 bits per heavy atom. The number of rotatable bonds is 5. The maximum absolute atomic E-state index is 6.01. The van der Waals surface area contributed by atoms with Crippen LogP contribution in [0, 0.1) is 12.8 Å². The highest BCUT2D eigenvalue weighted by molar-refractivity contribution is 7.11. The number of likely N-dealkylation sites (tertiary alicyclic amines) is 1. The second kappa shape index (κ2) is 7.42. The zero-order chi connectivity index (χ0) is 15.4. The van der Waals surface area contributed by atoms with Crippen molar-refractivity contribution in [2.45, 2.75) is 45.3 Å². The Morgan fingerprint density at radius 2 is 2.18 bits per heavy atom. The van der Waals surface area contributed by atoms with Gasteiger partial charge in [-0.25, -0.2) is 4.98 Å². The Hall–Kier alpha value is -1.14. The standard InChI is InChI=1S/C16H26N4OS/c1-12-18-9-15(22-12)10-19-16(17-2)20-7-5-14(6-8-20)21-11-13-3-4-13/h9,13-14H,3-8,10-11H2,1-2H3,(H,17,19). The van der Waals surface area contributed by atoms with E-state index < -0.39 is 0 Å². The van der Waals surface area contributed by atoms with E-state index >= 15 is 0 Å². The number of piperidine rings is 1. The van der Waals surface area contributed by atoms with Crippen LogP contribution in [-0.2, 0) is 11.3 Å². The van der Waals surface area contributed by atoms with Gasteiger partial charge in [0.15, 0.2) is 5.96 Å². The minimum Gasteiger partial charge on any atom is -0.378 e. The van der Waals surface area contributed by atoms with Gasteiger partial charge >= 0.3 is 0 Å². The van der Waals surface area contributed by atoms with Crippen molar-refractivity contribution in [2.24, 2.45) is 10.9 Å². The number of hydrogen-bond donors (Lipinski definition) is 1. The summed E-state index contributed by atoms with van der Waals surface area (Å²) < 4.78 is 6.01. The molecule has 1 aromatic rings. The van der Waals surface area contributed by atoms with Crippen LogP contribution >= 0.6 is 11.3 Å². The molecule has 1 saturated carbocycles. The van der Waals surface area contributed by atoms with Gasteiger partial charge in [-0.05, 0) is 38.5 Å². The molecule has 0 radical (unpaired) electrons. The van der Waals surface area contributed by atoms with Crippen LogP contribution in [0.5, 0.6) is 0 Å². The molecule has 0 aromatic carbocycles. The molecule has 0 spiro atoms. The lowest BCUT2D eigenvalue weighted by Gasteiger charge is -2.34. The molecular weight excluding hydrogens is 296 g/mol. The largest absolute Gasteiger partial charge is 0.378 e. The molecule has 2 heterocycles. The molecule has 5 nitrogen and oxygen atoms in total. The van der Waals surface area contributed by atoms with Crippen molar-refractivity contribution in [3.8, 4) is 0 Å². The summed E-state index contributed by atoms with van der Waals surface area (Å²) >= 11 is 1.74. The summed E-state index contributed by atoms with van der Waals surface area (Å²) in [5, 5.41) is 4.56. The smallest absolute Gasteiger partial charge is 0.193 e. The van der Waals surface area contributed by atoms with E-state index in [1.54, 1.807) is 11.3 Å². The van der Waals surface area contributed by atoms with Gasteiger partial charge in [-0.3, -0.25) is 4.99 Å². The van der Waals surface area contributed by atoms with E-state index in [0.29, 0.717) is 6.10 Å². The van der Waals surface area contributed by atoms with Gasteiger partial charge in [-0.15, -0.1) is 11.3 Å². The first kappa shape index (κ1) is 15.7. The third-order valence-corrected chi connectivity index (χ3v) is 5.22. The maximum atomic E-state index is 6.01. The minimum atomic E-state index is 0.444. The molecule has 0 unspecified atom stereocenters. The third kappa shape index (κ3) is 4.43. The number of aliphatic imine (C=N–C) groups is 1. The maximum Gasteiger partial charge on any atom is 0.193 e. The second-order valence-corrected chi connectivity index (χ2v) is 7.53. The number of aryl methyl sites for hydroxylation is 1. The van der Waals surface area contributed by atoms with Gasteiger partial charge in [0.2, 0.25) is 0 Å². The Bertz CT molecular complexity index is 504. The van der Waals surface area contributed by atoms with Crippen LogP contribution in [0.15, 0.2) is 11.2 Å². The fourth-order valence-electron chi connectivity index (χ4n) is 2.78.